The van der Waals surface area contributed by atoms with Crippen LogP contribution in [0.3, 0.4) is 0 Å². The van der Waals surface area contributed by atoms with Gasteiger partial charge in [0.05, 0.1) is 16.4 Å². The molecule has 0 atom stereocenters. The number of rotatable bonds is 7. The van der Waals surface area contributed by atoms with E-state index in [1.54, 1.807) is 54.8 Å². The highest BCUT2D eigenvalue weighted by atomic mass is 32.2. The van der Waals surface area contributed by atoms with Gasteiger partial charge >= 0.3 is 6.09 Å². The first kappa shape index (κ1) is 28.6. The minimum Gasteiger partial charge on any atom is -0.447 e. The minimum absolute atomic E-state index is 0.166. The van der Waals surface area contributed by atoms with E-state index in [-0.39, 0.29) is 23.0 Å². The number of carbonyl (C=O) groups is 2. The fourth-order valence-electron chi connectivity index (χ4n) is 4.85. The van der Waals surface area contributed by atoms with Crippen LogP contribution in [0.2, 0.25) is 0 Å². The van der Waals surface area contributed by atoms with Gasteiger partial charge in [0, 0.05) is 43.6 Å². The number of hydrogen-bond acceptors (Lipinski definition) is 6. The Morgan fingerprint density at radius 1 is 1.10 bits per heavy atom. The number of carbonyl (C=O) groups excluding carboxylic acids is 2. The number of nitrogens with zero attached hydrogens (tertiary/aromatic N) is 3. The fraction of sp³-hybridized carbons (Fsp3) is 0.483. The molecule has 0 radical (unpaired) electrons. The highest BCUT2D eigenvalue weighted by Crippen LogP contribution is 2.35. The zero-order chi connectivity index (χ0) is 28.2. The zero-order valence-electron chi connectivity index (χ0n) is 23.1. The number of hydrogen-bond donors (Lipinski definition) is 1. The number of amides is 2. The molecule has 39 heavy (non-hydrogen) atoms. The van der Waals surface area contributed by atoms with Crippen LogP contribution < -0.4 is 15.3 Å². The molecule has 9 nitrogen and oxygen atoms in total. The third-order valence-electron chi connectivity index (χ3n) is 7.28. The molecule has 1 N–H and O–H groups in total. The van der Waals surface area contributed by atoms with E-state index >= 15 is 0 Å². The summed E-state index contributed by atoms with van der Waals surface area (Å²) in [5, 5.41) is 1.29. The lowest BCUT2D eigenvalue weighted by atomic mass is 9.80. The van der Waals surface area contributed by atoms with E-state index in [1.165, 1.54) is 6.42 Å². The molecule has 4 rings (SSSR count). The molecule has 2 amide bonds. The van der Waals surface area contributed by atoms with Crippen LogP contribution >= 0.6 is 0 Å². The van der Waals surface area contributed by atoms with Gasteiger partial charge in [0.15, 0.2) is 0 Å². The maximum Gasteiger partial charge on any atom is 0.410 e. The summed E-state index contributed by atoms with van der Waals surface area (Å²) in [4.78, 5) is 33.2. The van der Waals surface area contributed by atoms with Crippen molar-refractivity contribution in [2.45, 2.75) is 65.4 Å². The van der Waals surface area contributed by atoms with Crippen LogP contribution in [0.1, 0.15) is 75.2 Å². The Kier molecular flexibility index (Phi) is 8.94. The Labute approximate surface area is 230 Å². The van der Waals surface area contributed by atoms with Gasteiger partial charge in [0.25, 0.3) is 15.9 Å². The van der Waals surface area contributed by atoms with E-state index < -0.39 is 10.0 Å². The lowest BCUT2D eigenvalue weighted by molar-refractivity contribution is 0.0476. The van der Waals surface area contributed by atoms with Crippen molar-refractivity contribution in [3.05, 3.63) is 58.2 Å². The van der Waals surface area contributed by atoms with Crippen molar-refractivity contribution >= 4 is 38.7 Å². The number of piperazine rings is 1. The van der Waals surface area contributed by atoms with E-state index in [0.29, 0.717) is 55.1 Å². The number of benzene rings is 1. The number of anilines is 1. The Hall–Kier alpha value is -3.40. The molecule has 2 fully saturated rings. The van der Waals surface area contributed by atoms with Crippen LogP contribution in [0, 0.1) is 0 Å². The average Bonchev–Trinajstić information content (AvgIpc) is 2.88. The van der Waals surface area contributed by atoms with E-state index in [9.17, 15) is 18.0 Å². The summed E-state index contributed by atoms with van der Waals surface area (Å²) in [5.74, 6) is 0.345. The molecular weight excluding hydrogens is 516 g/mol. The van der Waals surface area contributed by atoms with Gasteiger partial charge < -0.3 is 14.5 Å². The molecule has 1 saturated heterocycles. The van der Waals surface area contributed by atoms with Crippen molar-refractivity contribution in [2.75, 3.05) is 30.9 Å². The van der Waals surface area contributed by atoms with Crippen LogP contribution in [0.4, 0.5) is 10.5 Å². The van der Waals surface area contributed by atoms with Crippen LogP contribution in [0.15, 0.2) is 36.5 Å². The van der Waals surface area contributed by atoms with Crippen LogP contribution in [0.25, 0.3) is 11.0 Å². The van der Waals surface area contributed by atoms with Gasteiger partial charge in [-0.1, -0.05) is 19.4 Å². The molecule has 0 bridgehead atoms. The molecule has 1 saturated carbocycles. The molecule has 1 aromatic heterocycles. The van der Waals surface area contributed by atoms with E-state index in [0.717, 1.165) is 23.6 Å². The zero-order valence-corrected chi connectivity index (χ0v) is 24.0. The SMILES string of the molecule is C/C=c1/cc(C2CCC2)cn/c1=C(/CC)S(=O)(=O)Nc1ccc(C(=O)N2CCN(C(=O)OC(C)C)CC2)cc1. The lowest BCUT2D eigenvalue weighted by Gasteiger charge is -2.34. The van der Waals surface area contributed by atoms with Crippen molar-refractivity contribution in [2.24, 2.45) is 0 Å². The molecule has 210 valence electrons. The maximum absolute atomic E-state index is 13.4. The smallest absolute Gasteiger partial charge is 0.410 e. The van der Waals surface area contributed by atoms with Gasteiger partial charge in [-0.25, -0.2) is 13.2 Å². The second-order valence-electron chi connectivity index (χ2n) is 10.3. The number of sulfonamides is 1. The Morgan fingerprint density at radius 2 is 1.74 bits per heavy atom. The molecule has 2 aliphatic rings. The van der Waals surface area contributed by atoms with Gasteiger partial charge in [-0.05, 0) is 87.1 Å². The number of aromatic nitrogens is 1. The topological polar surface area (TPSA) is 109 Å². The molecule has 1 aliphatic carbocycles. The van der Waals surface area contributed by atoms with E-state index in [1.807, 2.05) is 19.2 Å². The standard InChI is InChI=1S/C29H38N4O5S/c1-5-21-18-24(22-8-7-9-22)19-30-27(21)26(6-2)39(36,37)31-25-12-10-23(11-13-25)28(34)32-14-16-33(17-15-32)29(35)38-20(3)4/h5,10-13,18-20,22,31H,6-9,14-17H2,1-4H3/b21-5-,27-26-. The van der Waals surface area contributed by atoms with Gasteiger partial charge in [-0.3, -0.25) is 14.5 Å². The number of nitrogens with one attached hydrogen (secondary N) is 1. The van der Waals surface area contributed by atoms with Crippen molar-refractivity contribution in [1.29, 1.82) is 0 Å². The van der Waals surface area contributed by atoms with Gasteiger partial charge in [-0.2, -0.15) is 0 Å². The van der Waals surface area contributed by atoms with Gasteiger partial charge in [-0.15, -0.1) is 0 Å². The summed E-state index contributed by atoms with van der Waals surface area (Å²) in [6, 6.07) is 8.47. The van der Waals surface area contributed by atoms with E-state index in [4.69, 9.17) is 4.74 Å². The lowest BCUT2D eigenvalue weighted by Crippen LogP contribution is -2.51. The summed E-state index contributed by atoms with van der Waals surface area (Å²) in [6.45, 7) is 8.90. The molecule has 0 unspecified atom stereocenters. The Balaban J connectivity index is 1.46. The average molecular weight is 555 g/mol. The fourth-order valence-corrected chi connectivity index (χ4v) is 6.22. The van der Waals surface area contributed by atoms with Gasteiger partial charge in [0.2, 0.25) is 0 Å². The summed E-state index contributed by atoms with van der Waals surface area (Å²) >= 11 is 0. The van der Waals surface area contributed by atoms with E-state index in [2.05, 4.69) is 15.8 Å². The molecule has 2 heterocycles. The summed E-state index contributed by atoms with van der Waals surface area (Å²) in [5.41, 5.74) is 1.98. The maximum atomic E-state index is 13.4. The first-order chi connectivity index (χ1) is 18.6. The highest BCUT2D eigenvalue weighted by Gasteiger charge is 2.26. The first-order valence-electron chi connectivity index (χ1n) is 13.7. The third kappa shape index (κ3) is 6.61. The monoisotopic (exact) mass is 554 g/mol. The minimum atomic E-state index is -3.87. The molecule has 10 heteroatoms. The molecular formula is C29H38N4O5S. The number of pyridine rings is 1. The molecule has 1 aromatic carbocycles. The molecule has 1 aliphatic heterocycles. The first-order valence-corrected chi connectivity index (χ1v) is 15.1. The quantitative estimate of drug-likeness (QED) is 0.562. The predicted molar refractivity (Wildman–Crippen MR) is 152 cm³/mol. The van der Waals surface area contributed by atoms with Gasteiger partial charge in [0.1, 0.15) is 0 Å². The second kappa shape index (κ2) is 12.2. The molecule has 0 spiro atoms. The van der Waals surface area contributed by atoms with Crippen molar-refractivity contribution in [3.8, 4) is 0 Å². The number of ether oxygens (including phenoxy) is 1. The largest absolute Gasteiger partial charge is 0.447 e. The van der Waals surface area contributed by atoms with Crippen LogP contribution in [0.5, 0.6) is 0 Å². The second-order valence-corrected chi connectivity index (χ2v) is 12.0. The summed E-state index contributed by atoms with van der Waals surface area (Å²) < 4.78 is 34.7. The highest BCUT2D eigenvalue weighted by molar-refractivity contribution is 8.01. The van der Waals surface area contributed by atoms with Crippen molar-refractivity contribution in [1.82, 2.24) is 14.8 Å². The Bertz CT molecular complexity index is 1430. The summed E-state index contributed by atoms with van der Waals surface area (Å²) in [7, 11) is -3.87. The molecule has 2 aromatic rings. The normalized spacial score (nSPS) is 17.6. The van der Waals surface area contributed by atoms with Crippen molar-refractivity contribution < 1.29 is 22.7 Å². The summed E-state index contributed by atoms with van der Waals surface area (Å²) in [6.07, 6.45) is 6.96. The predicted octanol–water partition coefficient (Wildman–Crippen LogP) is 3.41. The van der Waals surface area contributed by atoms with Crippen molar-refractivity contribution in [3.63, 3.8) is 0 Å². The van der Waals surface area contributed by atoms with Crippen LogP contribution in [-0.4, -0.2) is 67.5 Å². The van der Waals surface area contributed by atoms with Crippen LogP contribution in [-0.2, 0) is 14.8 Å². The Morgan fingerprint density at radius 3 is 2.28 bits per heavy atom. The third-order valence-corrected chi connectivity index (χ3v) is 8.92.